The topological polar surface area (TPSA) is 70.2 Å². The highest BCUT2D eigenvalue weighted by Gasteiger charge is 2.28. The largest absolute Gasteiger partial charge is 0.325 e. The number of pyridine rings is 1. The van der Waals surface area contributed by atoms with Gasteiger partial charge in [0.25, 0.3) is 0 Å². The van der Waals surface area contributed by atoms with Gasteiger partial charge in [-0.1, -0.05) is 18.2 Å². The molecule has 1 N–H and O–H groups in total. The number of aromatic nitrogens is 2. The smallest absolute Gasteiger partial charge is 0.227 e. The molecule has 0 saturated carbocycles. The summed E-state index contributed by atoms with van der Waals surface area (Å²) in [6, 6.07) is 15.1. The molecule has 24 heavy (non-hydrogen) atoms. The van der Waals surface area contributed by atoms with Crippen molar-refractivity contribution < 1.29 is 4.79 Å². The number of hydrogen-bond donors (Lipinski definition) is 1. The van der Waals surface area contributed by atoms with Gasteiger partial charge in [0.15, 0.2) is 0 Å². The number of amides is 1. The van der Waals surface area contributed by atoms with Crippen molar-refractivity contribution in [2.75, 3.05) is 5.32 Å². The van der Waals surface area contributed by atoms with E-state index in [9.17, 15) is 4.79 Å². The zero-order valence-electron chi connectivity index (χ0n) is 13.1. The van der Waals surface area contributed by atoms with E-state index >= 15 is 0 Å². The highest BCUT2D eigenvalue weighted by Crippen LogP contribution is 2.27. The van der Waals surface area contributed by atoms with E-state index in [1.807, 2.05) is 30.5 Å². The number of rotatable bonds is 2. The minimum atomic E-state index is -0.107. The number of nitriles is 1. The zero-order chi connectivity index (χ0) is 16.5. The molecular formula is C19H16N4O. The Kier molecular flexibility index (Phi) is 3.51. The number of carbonyl (C=O) groups excluding carboxylic acids is 1. The van der Waals surface area contributed by atoms with E-state index in [-0.39, 0.29) is 11.8 Å². The van der Waals surface area contributed by atoms with E-state index in [4.69, 9.17) is 5.26 Å². The van der Waals surface area contributed by atoms with Crippen molar-refractivity contribution in [1.82, 2.24) is 9.38 Å². The first-order chi connectivity index (χ1) is 11.8. The van der Waals surface area contributed by atoms with Crippen LogP contribution in [0.4, 0.5) is 5.69 Å². The Labute approximate surface area is 139 Å². The third-order valence-electron chi connectivity index (χ3n) is 4.56. The Morgan fingerprint density at radius 2 is 2.08 bits per heavy atom. The van der Waals surface area contributed by atoms with Crippen LogP contribution in [0.25, 0.3) is 5.65 Å². The van der Waals surface area contributed by atoms with Crippen molar-refractivity contribution >= 4 is 17.2 Å². The van der Waals surface area contributed by atoms with E-state index in [1.165, 1.54) is 0 Å². The van der Waals surface area contributed by atoms with Gasteiger partial charge in [0.05, 0.1) is 16.9 Å². The molecule has 0 radical (unpaired) electrons. The molecule has 118 valence electrons. The lowest BCUT2D eigenvalue weighted by molar-refractivity contribution is -0.120. The van der Waals surface area contributed by atoms with Crippen molar-refractivity contribution in [3.8, 4) is 6.07 Å². The summed E-state index contributed by atoms with van der Waals surface area (Å²) in [4.78, 5) is 17.3. The van der Waals surface area contributed by atoms with Gasteiger partial charge in [0, 0.05) is 24.2 Å². The van der Waals surface area contributed by atoms with Crippen LogP contribution in [-0.4, -0.2) is 15.3 Å². The van der Waals surface area contributed by atoms with Gasteiger partial charge < -0.3 is 9.72 Å². The molecule has 2 heterocycles. The SMILES string of the molecule is N#Cc1ccccc1NC(=O)C1CCc2nc3ccccn3c2C1. The summed E-state index contributed by atoms with van der Waals surface area (Å²) in [5.41, 5.74) is 4.19. The number of fused-ring (bicyclic) bond motifs is 3. The summed E-state index contributed by atoms with van der Waals surface area (Å²) < 4.78 is 2.07. The molecule has 0 fully saturated rings. The predicted octanol–water partition coefficient (Wildman–Crippen LogP) is 2.95. The minimum Gasteiger partial charge on any atom is -0.325 e. The Bertz CT molecular complexity index is 967. The fraction of sp³-hybridized carbons (Fsp3) is 0.211. The van der Waals surface area contributed by atoms with Gasteiger partial charge >= 0.3 is 0 Å². The number of hydrogen-bond acceptors (Lipinski definition) is 3. The van der Waals surface area contributed by atoms with Gasteiger partial charge in [0.1, 0.15) is 11.7 Å². The van der Waals surface area contributed by atoms with Gasteiger partial charge in [-0.05, 0) is 37.1 Å². The fourth-order valence-corrected chi connectivity index (χ4v) is 3.31. The average molecular weight is 316 g/mol. The van der Waals surface area contributed by atoms with Crippen LogP contribution in [-0.2, 0) is 17.6 Å². The summed E-state index contributed by atoms with van der Waals surface area (Å²) >= 11 is 0. The first-order valence-electron chi connectivity index (χ1n) is 8.01. The number of imidazole rings is 1. The first kappa shape index (κ1) is 14.5. The second kappa shape index (κ2) is 5.82. The van der Waals surface area contributed by atoms with Crippen LogP contribution in [0.1, 0.15) is 23.4 Å². The second-order valence-corrected chi connectivity index (χ2v) is 6.02. The maximum Gasteiger partial charge on any atom is 0.227 e. The molecule has 0 spiro atoms. The average Bonchev–Trinajstić information content (AvgIpc) is 3.00. The molecule has 5 heteroatoms. The molecule has 1 unspecified atom stereocenters. The fourth-order valence-electron chi connectivity index (χ4n) is 3.31. The third kappa shape index (κ3) is 2.42. The Morgan fingerprint density at radius 3 is 2.96 bits per heavy atom. The lowest BCUT2D eigenvalue weighted by atomic mass is 9.89. The molecule has 0 saturated heterocycles. The van der Waals surface area contributed by atoms with Crippen molar-refractivity contribution in [3.05, 3.63) is 65.6 Å². The molecule has 4 rings (SSSR count). The number of nitrogens with zero attached hydrogens (tertiary/aromatic N) is 3. The van der Waals surface area contributed by atoms with Crippen LogP contribution >= 0.6 is 0 Å². The number of anilines is 1. The van der Waals surface area contributed by atoms with Gasteiger partial charge in [-0.2, -0.15) is 5.26 Å². The molecule has 0 bridgehead atoms. The minimum absolute atomic E-state index is 0.0331. The van der Waals surface area contributed by atoms with Crippen LogP contribution in [0.2, 0.25) is 0 Å². The highest BCUT2D eigenvalue weighted by atomic mass is 16.1. The van der Waals surface area contributed by atoms with Crippen LogP contribution < -0.4 is 5.32 Å². The number of para-hydroxylation sites is 1. The lowest BCUT2D eigenvalue weighted by Gasteiger charge is -2.21. The summed E-state index contributed by atoms with van der Waals surface area (Å²) in [5, 5.41) is 12.1. The standard InChI is InChI=1S/C19H16N4O/c20-12-14-5-1-2-6-15(14)22-19(24)13-8-9-16-17(11-13)23-10-4-3-7-18(23)21-16/h1-7,10,13H,8-9,11H2,(H,22,24). The molecule has 1 amide bonds. The van der Waals surface area contributed by atoms with Crippen LogP contribution in [0, 0.1) is 17.2 Å². The summed E-state index contributed by atoms with van der Waals surface area (Å²) in [7, 11) is 0. The van der Waals surface area contributed by atoms with Crippen molar-refractivity contribution in [1.29, 1.82) is 5.26 Å². The molecule has 1 aromatic carbocycles. The van der Waals surface area contributed by atoms with Crippen LogP contribution in [0.15, 0.2) is 48.7 Å². The van der Waals surface area contributed by atoms with Crippen LogP contribution in [0.3, 0.4) is 0 Å². The first-order valence-corrected chi connectivity index (χ1v) is 8.01. The predicted molar refractivity (Wildman–Crippen MR) is 90.5 cm³/mol. The third-order valence-corrected chi connectivity index (χ3v) is 4.56. The van der Waals surface area contributed by atoms with Gasteiger partial charge in [-0.3, -0.25) is 4.79 Å². The van der Waals surface area contributed by atoms with E-state index in [0.29, 0.717) is 17.7 Å². The summed E-state index contributed by atoms with van der Waals surface area (Å²) in [6.45, 7) is 0. The number of nitrogens with one attached hydrogen (secondary N) is 1. The molecule has 1 aliphatic carbocycles. The Hall–Kier alpha value is -3.13. The van der Waals surface area contributed by atoms with Gasteiger partial charge in [0.2, 0.25) is 5.91 Å². The van der Waals surface area contributed by atoms with Crippen molar-refractivity contribution in [2.24, 2.45) is 5.92 Å². The quantitative estimate of drug-likeness (QED) is 0.790. The van der Waals surface area contributed by atoms with E-state index in [2.05, 4.69) is 20.8 Å². The summed E-state index contributed by atoms with van der Waals surface area (Å²) in [6.07, 6.45) is 4.24. The molecule has 1 aliphatic rings. The second-order valence-electron chi connectivity index (χ2n) is 6.02. The Morgan fingerprint density at radius 1 is 1.25 bits per heavy atom. The summed E-state index contributed by atoms with van der Waals surface area (Å²) in [5.74, 6) is -0.140. The van der Waals surface area contributed by atoms with Gasteiger partial charge in [-0.15, -0.1) is 0 Å². The monoisotopic (exact) mass is 316 g/mol. The molecule has 0 aliphatic heterocycles. The van der Waals surface area contributed by atoms with Crippen molar-refractivity contribution in [3.63, 3.8) is 0 Å². The van der Waals surface area contributed by atoms with E-state index < -0.39 is 0 Å². The number of benzene rings is 1. The zero-order valence-corrected chi connectivity index (χ0v) is 13.1. The molecular weight excluding hydrogens is 300 g/mol. The van der Waals surface area contributed by atoms with E-state index in [1.54, 1.807) is 18.2 Å². The van der Waals surface area contributed by atoms with Gasteiger partial charge in [-0.25, -0.2) is 4.98 Å². The molecule has 5 nitrogen and oxygen atoms in total. The number of carbonyl (C=O) groups is 1. The molecule has 1 atom stereocenters. The van der Waals surface area contributed by atoms with E-state index in [0.717, 1.165) is 29.9 Å². The molecule has 2 aromatic heterocycles. The highest BCUT2D eigenvalue weighted by molar-refractivity contribution is 5.94. The maximum absolute atomic E-state index is 12.7. The normalized spacial score (nSPS) is 16.4. The number of aryl methyl sites for hydroxylation is 1. The lowest BCUT2D eigenvalue weighted by Crippen LogP contribution is -2.28. The van der Waals surface area contributed by atoms with Crippen LogP contribution in [0.5, 0.6) is 0 Å². The Balaban J connectivity index is 1.58. The van der Waals surface area contributed by atoms with Crippen molar-refractivity contribution in [2.45, 2.75) is 19.3 Å². The molecule has 3 aromatic rings. The maximum atomic E-state index is 12.7.